The number of likely N-dealkylation sites (N-methyl/N-ethyl adjacent to an activating group) is 1. The van der Waals surface area contributed by atoms with Gasteiger partial charge in [0.05, 0.1) is 20.1 Å². The molecule has 0 aromatic carbocycles. The van der Waals surface area contributed by atoms with Crippen LogP contribution in [-0.2, 0) is 0 Å². The summed E-state index contributed by atoms with van der Waals surface area (Å²) in [5.74, 6) is 0. The number of quaternary nitrogens is 1. The minimum absolute atomic E-state index is 0. The summed E-state index contributed by atoms with van der Waals surface area (Å²) in [6.45, 7) is 4.98. The highest BCUT2D eigenvalue weighted by Crippen LogP contribution is 1.58. The van der Waals surface area contributed by atoms with Gasteiger partial charge >= 0.3 is 0 Å². The molecule has 0 aliphatic carbocycles. The number of halogens is 1. The highest BCUT2D eigenvalue weighted by atomic mass is 35.5. The van der Waals surface area contributed by atoms with E-state index in [-0.39, 0.29) is 12.4 Å². The maximum absolute atomic E-state index is 3.29. The highest BCUT2D eigenvalue weighted by molar-refractivity contribution is 4.47. The van der Waals surface area contributed by atoms with Crippen LogP contribution in [0.15, 0.2) is 0 Å². The van der Waals surface area contributed by atoms with E-state index >= 15 is 0 Å². The molecule has 8 heavy (non-hydrogen) atoms. The zero-order chi connectivity index (χ0) is 5.11. The summed E-state index contributed by atoms with van der Waals surface area (Å²) in [5, 5.41) is 3.29. The van der Waals surface area contributed by atoms with Crippen LogP contribution in [0.2, 0.25) is 0 Å². The number of piperazine rings is 1. The summed E-state index contributed by atoms with van der Waals surface area (Å²) < 4.78 is 0. The lowest BCUT2D eigenvalue weighted by Gasteiger charge is -2.19. The Hall–Kier alpha value is 0.210. The Bertz CT molecular complexity index is 52.4. The van der Waals surface area contributed by atoms with Crippen LogP contribution in [0.4, 0.5) is 0 Å². The van der Waals surface area contributed by atoms with Crippen molar-refractivity contribution in [1.82, 2.24) is 5.32 Å². The Morgan fingerprint density at radius 2 is 1.75 bits per heavy atom. The molecule has 2 nitrogen and oxygen atoms in total. The van der Waals surface area contributed by atoms with Crippen LogP contribution < -0.4 is 22.6 Å². The molecular weight excluding hydrogens is 124 g/mol. The van der Waals surface area contributed by atoms with Crippen molar-refractivity contribution in [3.05, 3.63) is 0 Å². The fourth-order valence-electron chi connectivity index (χ4n) is 0.854. The van der Waals surface area contributed by atoms with E-state index in [9.17, 15) is 0 Å². The zero-order valence-corrected chi connectivity index (χ0v) is 5.96. The molecule has 2 N–H and O–H groups in total. The zero-order valence-electron chi connectivity index (χ0n) is 5.21. The molecule has 1 saturated heterocycles. The first kappa shape index (κ1) is 8.21. The van der Waals surface area contributed by atoms with Crippen LogP contribution >= 0.6 is 0 Å². The molecule has 1 heterocycles. The van der Waals surface area contributed by atoms with Crippen LogP contribution in [0.25, 0.3) is 0 Å². The largest absolute Gasteiger partial charge is 1.00 e. The molecule has 0 radical (unpaired) electrons. The highest BCUT2D eigenvalue weighted by Gasteiger charge is 2.04. The molecule has 1 rings (SSSR count). The van der Waals surface area contributed by atoms with Crippen LogP contribution in [0, 0.1) is 0 Å². The fraction of sp³-hybridized carbons (Fsp3) is 1.00. The van der Waals surface area contributed by atoms with Crippen molar-refractivity contribution in [3.8, 4) is 0 Å². The second kappa shape index (κ2) is 4.13. The molecule has 0 bridgehead atoms. The number of nitrogens with one attached hydrogen (secondary N) is 2. The van der Waals surface area contributed by atoms with Crippen molar-refractivity contribution in [2.45, 2.75) is 0 Å². The second-order valence-corrected chi connectivity index (χ2v) is 2.21. The third kappa shape index (κ3) is 2.50. The lowest BCUT2D eigenvalue weighted by Crippen LogP contribution is -3.12. The smallest absolute Gasteiger partial charge is 0.0896 e. The van der Waals surface area contributed by atoms with Crippen molar-refractivity contribution < 1.29 is 17.3 Å². The Labute approximate surface area is 56.7 Å². The monoisotopic (exact) mass is 136 g/mol. The van der Waals surface area contributed by atoms with Crippen LogP contribution in [0.3, 0.4) is 0 Å². The van der Waals surface area contributed by atoms with Gasteiger partial charge in [-0.05, 0) is 0 Å². The van der Waals surface area contributed by atoms with Gasteiger partial charge in [-0.1, -0.05) is 0 Å². The Balaban J connectivity index is 0.000000490. The van der Waals surface area contributed by atoms with Gasteiger partial charge in [0.2, 0.25) is 0 Å². The quantitative estimate of drug-likeness (QED) is 0.342. The second-order valence-electron chi connectivity index (χ2n) is 2.21. The van der Waals surface area contributed by atoms with Gasteiger partial charge < -0.3 is 22.6 Å². The lowest BCUT2D eigenvalue weighted by molar-refractivity contribution is -0.881. The maximum Gasteiger partial charge on any atom is 0.0896 e. The van der Waals surface area contributed by atoms with E-state index in [1.807, 2.05) is 0 Å². The average molecular weight is 137 g/mol. The van der Waals surface area contributed by atoms with Crippen LogP contribution in [0.1, 0.15) is 0 Å². The minimum Gasteiger partial charge on any atom is -1.00 e. The van der Waals surface area contributed by atoms with Gasteiger partial charge in [-0.25, -0.2) is 0 Å². The molecule has 50 valence electrons. The third-order valence-electron chi connectivity index (χ3n) is 1.46. The van der Waals surface area contributed by atoms with E-state index in [1.54, 1.807) is 4.90 Å². The Kier molecular flexibility index (Phi) is 4.23. The first-order chi connectivity index (χ1) is 3.39. The molecule has 1 fully saturated rings. The topological polar surface area (TPSA) is 16.5 Å². The van der Waals surface area contributed by atoms with Gasteiger partial charge in [-0.15, -0.1) is 0 Å². The first-order valence-corrected chi connectivity index (χ1v) is 2.91. The van der Waals surface area contributed by atoms with Crippen molar-refractivity contribution in [2.75, 3.05) is 33.2 Å². The molecule has 0 spiro atoms. The SMILES string of the molecule is C[NH+]1CCNCC1.[Cl-]. The van der Waals surface area contributed by atoms with Gasteiger partial charge in [0.25, 0.3) is 0 Å². The normalized spacial score (nSPS) is 22.1. The van der Waals surface area contributed by atoms with Crippen molar-refractivity contribution in [3.63, 3.8) is 0 Å². The summed E-state index contributed by atoms with van der Waals surface area (Å²) in [4.78, 5) is 1.65. The molecule has 1 aliphatic rings. The number of hydrogen-bond donors (Lipinski definition) is 2. The summed E-state index contributed by atoms with van der Waals surface area (Å²) in [5.41, 5.74) is 0. The molecule has 0 amide bonds. The molecule has 0 atom stereocenters. The van der Waals surface area contributed by atoms with Crippen molar-refractivity contribution >= 4 is 0 Å². The molecule has 0 aromatic heterocycles. The van der Waals surface area contributed by atoms with E-state index in [2.05, 4.69) is 12.4 Å². The summed E-state index contributed by atoms with van der Waals surface area (Å²) in [6, 6.07) is 0. The van der Waals surface area contributed by atoms with E-state index < -0.39 is 0 Å². The Morgan fingerprint density at radius 3 is 2.00 bits per heavy atom. The third-order valence-corrected chi connectivity index (χ3v) is 1.46. The van der Waals surface area contributed by atoms with Crippen molar-refractivity contribution in [2.24, 2.45) is 0 Å². The standard InChI is InChI=1S/C5H12N2.ClH/c1-7-4-2-6-3-5-7;/h6H,2-5H2,1H3;1H. The van der Waals surface area contributed by atoms with Crippen LogP contribution in [0.5, 0.6) is 0 Å². The predicted molar refractivity (Wildman–Crippen MR) is 29.5 cm³/mol. The number of rotatable bonds is 0. The summed E-state index contributed by atoms with van der Waals surface area (Å²) in [6.07, 6.45) is 0. The van der Waals surface area contributed by atoms with Gasteiger partial charge in [0, 0.05) is 13.1 Å². The van der Waals surface area contributed by atoms with Gasteiger partial charge in [0.1, 0.15) is 0 Å². The van der Waals surface area contributed by atoms with E-state index in [4.69, 9.17) is 0 Å². The Morgan fingerprint density at radius 1 is 1.25 bits per heavy atom. The molecule has 0 unspecified atom stereocenters. The summed E-state index contributed by atoms with van der Waals surface area (Å²) >= 11 is 0. The van der Waals surface area contributed by atoms with Crippen molar-refractivity contribution in [1.29, 1.82) is 0 Å². The molecular formula is C5H13ClN2. The predicted octanol–water partition coefficient (Wildman–Crippen LogP) is -4.89. The summed E-state index contributed by atoms with van der Waals surface area (Å²) in [7, 11) is 2.24. The van der Waals surface area contributed by atoms with E-state index in [1.165, 1.54) is 26.2 Å². The van der Waals surface area contributed by atoms with Gasteiger partial charge in [-0.3, -0.25) is 0 Å². The van der Waals surface area contributed by atoms with E-state index in [0.717, 1.165) is 0 Å². The average Bonchev–Trinajstić information content (AvgIpc) is 1.69. The first-order valence-electron chi connectivity index (χ1n) is 2.91. The van der Waals surface area contributed by atoms with Gasteiger partial charge in [-0.2, -0.15) is 0 Å². The molecule has 0 aromatic rings. The lowest BCUT2D eigenvalue weighted by atomic mass is 10.4. The number of hydrogen-bond acceptors (Lipinski definition) is 1. The molecule has 1 aliphatic heterocycles. The van der Waals surface area contributed by atoms with Gasteiger partial charge in [0.15, 0.2) is 0 Å². The van der Waals surface area contributed by atoms with E-state index in [0.29, 0.717) is 0 Å². The molecule has 3 heteroatoms. The van der Waals surface area contributed by atoms with Crippen LogP contribution in [-0.4, -0.2) is 33.2 Å². The molecule has 0 saturated carbocycles. The maximum atomic E-state index is 3.29. The minimum atomic E-state index is 0. The fourth-order valence-corrected chi connectivity index (χ4v) is 0.854.